The minimum Gasteiger partial charge on any atom is -0.475 e. The number of esters is 2. The van der Waals surface area contributed by atoms with Gasteiger partial charge < -0.3 is 14.6 Å². The van der Waals surface area contributed by atoms with Crippen molar-refractivity contribution in [3.05, 3.63) is 35.9 Å². The zero-order valence-corrected chi connectivity index (χ0v) is 9.88. The normalized spacial score (nSPS) is 10.6. The molecule has 0 spiro atoms. The van der Waals surface area contributed by atoms with Crippen LogP contribution in [-0.4, -0.2) is 23.0 Å². The fraction of sp³-hybridized carbons (Fsp3) is 0.250. The summed E-state index contributed by atoms with van der Waals surface area (Å²) in [6, 6.07) is 7.51. The molecule has 0 aliphatic carbocycles. The fourth-order valence-electron chi connectivity index (χ4n) is 1.41. The maximum absolute atomic E-state index is 11.3. The zero-order valence-electron chi connectivity index (χ0n) is 9.88. The molecule has 0 aliphatic rings. The van der Waals surface area contributed by atoms with Gasteiger partial charge in [-0.1, -0.05) is 30.3 Å². The van der Waals surface area contributed by atoms with Gasteiger partial charge in [0.25, 0.3) is 0 Å². The molecule has 1 aromatic rings. The van der Waals surface area contributed by atoms with Crippen molar-refractivity contribution < 1.29 is 29.0 Å². The lowest BCUT2D eigenvalue weighted by Gasteiger charge is -2.27. The van der Waals surface area contributed by atoms with E-state index in [-0.39, 0.29) is 5.56 Å². The Morgan fingerprint density at radius 3 is 1.78 bits per heavy atom. The summed E-state index contributed by atoms with van der Waals surface area (Å²) >= 11 is 0. The van der Waals surface area contributed by atoms with E-state index in [1.54, 1.807) is 18.2 Å². The molecule has 0 unspecified atom stereocenters. The Bertz CT molecular complexity index is 449. The van der Waals surface area contributed by atoms with Crippen molar-refractivity contribution in [3.8, 4) is 0 Å². The Morgan fingerprint density at radius 1 is 1.00 bits per heavy atom. The van der Waals surface area contributed by atoms with Crippen LogP contribution < -0.4 is 0 Å². The number of hydrogen-bond donors (Lipinski definition) is 1. The monoisotopic (exact) mass is 252 g/mol. The number of hydrogen-bond acceptors (Lipinski definition) is 5. The average Bonchev–Trinajstić information content (AvgIpc) is 2.27. The number of rotatable bonds is 4. The first-order valence-corrected chi connectivity index (χ1v) is 5.06. The number of carboxylic acids is 1. The van der Waals surface area contributed by atoms with Crippen LogP contribution in [0.2, 0.25) is 0 Å². The molecular weight excluding hydrogens is 240 g/mol. The molecule has 0 aromatic heterocycles. The highest BCUT2D eigenvalue weighted by atomic mass is 16.7. The lowest BCUT2D eigenvalue weighted by Crippen LogP contribution is -2.44. The first-order valence-electron chi connectivity index (χ1n) is 5.06. The van der Waals surface area contributed by atoms with Crippen LogP contribution in [0, 0.1) is 0 Å². The van der Waals surface area contributed by atoms with Crippen LogP contribution in [-0.2, 0) is 29.6 Å². The number of carbonyl (C=O) groups is 3. The maximum Gasteiger partial charge on any atom is 0.396 e. The Kier molecular flexibility index (Phi) is 4.04. The molecule has 6 heteroatoms. The van der Waals surface area contributed by atoms with E-state index in [1.807, 2.05) is 0 Å². The summed E-state index contributed by atoms with van der Waals surface area (Å²) < 4.78 is 9.43. The quantitative estimate of drug-likeness (QED) is 0.636. The third-order valence-electron chi connectivity index (χ3n) is 2.01. The van der Waals surface area contributed by atoms with Crippen molar-refractivity contribution in [2.24, 2.45) is 0 Å². The summed E-state index contributed by atoms with van der Waals surface area (Å²) in [7, 11) is 0. The molecule has 0 saturated heterocycles. The van der Waals surface area contributed by atoms with E-state index in [4.69, 9.17) is 9.47 Å². The largest absolute Gasteiger partial charge is 0.475 e. The number of carbonyl (C=O) groups excluding carboxylic acids is 2. The lowest BCUT2D eigenvalue weighted by molar-refractivity contribution is -0.239. The van der Waals surface area contributed by atoms with Crippen molar-refractivity contribution in [2.75, 3.05) is 0 Å². The molecule has 0 bridgehead atoms. The molecule has 1 aromatic carbocycles. The van der Waals surface area contributed by atoms with E-state index < -0.39 is 23.7 Å². The van der Waals surface area contributed by atoms with Crippen molar-refractivity contribution >= 4 is 17.9 Å². The fourth-order valence-corrected chi connectivity index (χ4v) is 1.41. The molecule has 96 valence electrons. The van der Waals surface area contributed by atoms with E-state index in [0.29, 0.717) is 0 Å². The first-order chi connectivity index (χ1) is 8.38. The zero-order chi connectivity index (χ0) is 13.8. The van der Waals surface area contributed by atoms with Gasteiger partial charge in [0.15, 0.2) is 0 Å². The number of benzene rings is 1. The molecule has 0 radical (unpaired) electrons. The summed E-state index contributed by atoms with van der Waals surface area (Å²) in [6.07, 6.45) is 0. The van der Waals surface area contributed by atoms with Crippen LogP contribution in [0.15, 0.2) is 30.3 Å². The topological polar surface area (TPSA) is 89.9 Å². The van der Waals surface area contributed by atoms with Crippen molar-refractivity contribution in [1.82, 2.24) is 0 Å². The molecule has 0 heterocycles. The highest BCUT2D eigenvalue weighted by Gasteiger charge is 2.48. The van der Waals surface area contributed by atoms with Gasteiger partial charge in [0.2, 0.25) is 0 Å². The standard InChI is InChI=1S/C12H12O6/c1-8(13)17-12(11(15)16,18-9(2)14)10-6-4-3-5-7-10/h3-7H,1-2H3,(H,15,16). The van der Waals surface area contributed by atoms with Gasteiger partial charge >= 0.3 is 23.7 Å². The van der Waals surface area contributed by atoms with Crippen LogP contribution in [0.1, 0.15) is 19.4 Å². The van der Waals surface area contributed by atoms with Gasteiger partial charge in [0.05, 0.1) is 0 Å². The second kappa shape index (κ2) is 5.31. The Morgan fingerprint density at radius 2 is 1.44 bits per heavy atom. The van der Waals surface area contributed by atoms with Crippen molar-refractivity contribution in [1.29, 1.82) is 0 Å². The SMILES string of the molecule is CC(=O)OC(OC(C)=O)(C(=O)O)c1ccccc1. The molecule has 1 N–H and O–H groups in total. The summed E-state index contributed by atoms with van der Waals surface area (Å²) in [5, 5.41) is 9.22. The van der Waals surface area contributed by atoms with Crippen molar-refractivity contribution in [3.63, 3.8) is 0 Å². The number of ether oxygens (including phenoxy) is 2. The van der Waals surface area contributed by atoms with Gasteiger partial charge in [-0.25, -0.2) is 4.79 Å². The number of carboxylic acid groups (broad SMARTS) is 1. The summed E-state index contributed by atoms with van der Waals surface area (Å²) in [4.78, 5) is 33.4. The maximum atomic E-state index is 11.3. The minimum absolute atomic E-state index is 0.0444. The molecule has 0 aliphatic heterocycles. The van der Waals surface area contributed by atoms with E-state index >= 15 is 0 Å². The Labute approximate surface area is 103 Å². The minimum atomic E-state index is -2.45. The second-order valence-electron chi connectivity index (χ2n) is 3.48. The first kappa shape index (κ1) is 13.7. The molecule has 1 rings (SSSR count). The highest BCUT2D eigenvalue weighted by Crippen LogP contribution is 2.28. The lowest BCUT2D eigenvalue weighted by atomic mass is 10.1. The Balaban J connectivity index is 3.33. The van der Waals surface area contributed by atoms with Crippen molar-refractivity contribution in [2.45, 2.75) is 19.6 Å². The van der Waals surface area contributed by atoms with Gasteiger partial charge in [-0.05, 0) is 0 Å². The van der Waals surface area contributed by atoms with E-state index in [9.17, 15) is 19.5 Å². The highest BCUT2D eigenvalue weighted by molar-refractivity contribution is 5.84. The van der Waals surface area contributed by atoms with Gasteiger partial charge in [-0.15, -0.1) is 0 Å². The summed E-state index contributed by atoms with van der Waals surface area (Å²) in [5.41, 5.74) is 0.0444. The summed E-state index contributed by atoms with van der Waals surface area (Å²) in [6.45, 7) is 2.06. The van der Waals surface area contributed by atoms with Crippen LogP contribution in [0.5, 0.6) is 0 Å². The van der Waals surface area contributed by atoms with Gasteiger partial charge in [-0.3, -0.25) is 9.59 Å². The Hall–Kier alpha value is -2.37. The smallest absolute Gasteiger partial charge is 0.396 e. The second-order valence-corrected chi connectivity index (χ2v) is 3.48. The third kappa shape index (κ3) is 2.85. The molecular formula is C12H12O6. The predicted octanol–water partition coefficient (Wildman–Crippen LogP) is 1.05. The van der Waals surface area contributed by atoms with Crippen LogP contribution >= 0.6 is 0 Å². The molecule has 0 amide bonds. The van der Waals surface area contributed by atoms with Crippen LogP contribution in [0.3, 0.4) is 0 Å². The average molecular weight is 252 g/mol. The van der Waals surface area contributed by atoms with E-state index in [2.05, 4.69) is 0 Å². The molecule has 18 heavy (non-hydrogen) atoms. The van der Waals surface area contributed by atoms with Crippen LogP contribution in [0.25, 0.3) is 0 Å². The van der Waals surface area contributed by atoms with Gasteiger partial charge in [0.1, 0.15) is 0 Å². The summed E-state index contributed by atoms with van der Waals surface area (Å²) in [5.74, 6) is -5.78. The van der Waals surface area contributed by atoms with E-state index in [1.165, 1.54) is 12.1 Å². The van der Waals surface area contributed by atoms with Gasteiger partial charge in [0, 0.05) is 19.4 Å². The third-order valence-corrected chi connectivity index (χ3v) is 2.01. The predicted molar refractivity (Wildman–Crippen MR) is 59.3 cm³/mol. The molecule has 0 atom stereocenters. The van der Waals surface area contributed by atoms with Crippen LogP contribution in [0.4, 0.5) is 0 Å². The van der Waals surface area contributed by atoms with Gasteiger partial charge in [-0.2, -0.15) is 0 Å². The molecule has 0 fully saturated rings. The molecule has 0 saturated carbocycles. The number of aliphatic carboxylic acids is 1. The van der Waals surface area contributed by atoms with E-state index in [0.717, 1.165) is 13.8 Å². The molecule has 6 nitrogen and oxygen atoms in total.